The zero-order valence-electron chi connectivity index (χ0n) is 9.02. The molecule has 5 heteroatoms. The molecule has 3 nitrogen and oxygen atoms in total. The molecule has 16 heavy (non-hydrogen) atoms. The Balaban J connectivity index is 2.69. The van der Waals surface area contributed by atoms with Crippen LogP contribution in [-0.4, -0.2) is 29.3 Å². The van der Waals surface area contributed by atoms with Crippen molar-refractivity contribution in [1.29, 1.82) is 0 Å². The highest BCUT2D eigenvalue weighted by atomic mass is 35.5. The molecule has 0 aromatic heterocycles. The van der Waals surface area contributed by atoms with E-state index < -0.39 is 6.09 Å². The third kappa shape index (κ3) is 3.94. The van der Waals surface area contributed by atoms with Gasteiger partial charge in [0.25, 0.3) is 0 Å². The SMILES string of the molecule is CCSCCN(C(=O)O)c1ccc(Cl)cc1. The fourth-order valence-electron chi connectivity index (χ4n) is 1.26. The number of hydrogen-bond donors (Lipinski definition) is 1. The van der Waals surface area contributed by atoms with Crippen LogP contribution in [0.4, 0.5) is 10.5 Å². The molecule has 1 aromatic carbocycles. The van der Waals surface area contributed by atoms with Gasteiger partial charge in [0.15, 0.2) is 0 Å². The number of thioether (sulfide) groups is 1. The van der Waals surface area contributed by atoms with Crippen molar-refractivity contribution in [3.63, 3.8) is 0 Å². The highest BCUT2D eigenvalue weighted by Crippen LogP contribution is 2.18. The predicted molar refractivity (Wildman–Crippen MR) is 69.8 cm³/mol. The molecule has 0 saturated carbocycles. The molecule has 0 saturated heterocycles. The van der Waals surface area contributed by atoms with Gasteiger partial charge in [-0.3, -0.25) is 4.90 Å². The molecule has 0 bridgehead atoms. The number of nitrogens with zero attached hydrogens (tertiary/aromatic N) is 1. The average molecular weight is 260 g/mol. The summed E-state index contributed by atoms with van der Waals surface area (Å²) in [6.45, 7) is 2.55. The largest absolute Gasteiger partial charge is 0.465 e. The maximum atomic E-state index is 11.1. The molecule has 0 aliphatic heterocycles. The monoisotopic (exact) mass is 259 g/mol. The highest BCUT2D eigenvalue weighted by Gasteiger charge is 2.13. The molecule has 0 heterocycles. The lowest BCUT2D eigenvalue weighted by atomic mass is 10.3. The minimum absolute atomic E-state index is 0.496. The predicted octanol–water partition coefficient (Wildman–Crippen LogP) is 3.58. The summed E-state index contributed by atoms with van der Waals surface area (Å²) in [5.41, 5.74) is 0.661. The van der Waals surface area contributed by atoms with E-state index in [2.05, 4.69) is 6.92 Å². The zero-order chi connectivity index (χ0) is 12.0. The number of halogens is 1. The van der Waals surface area contributed by atoms with Crippen molar-refractivity contribution in [2.45, 2.75) is 6.92 Å². The fraction of sp³-hybridized carbons (Fsp3) is 0.364. The molecule has 1 aromatic rings. The van der Waals surface area contributed by atoms with Gasteiger partial charge in [-0.1, -0.05) is 18.5 Å². The van der Waals surface area contributed by atoms with Gasteiger partial charge in [-0.25, -0.2) is 4.79 Å². The zero-order valence-corrected chi connectivity index (χ0v) is 10.6. The van der Waals surface area contributed by atoms with Crippen LogP contribution in [0, 0.1) is 0 Å². The topological polar surface area (TPSA) is 40.5 Å². The molecule has 0 fully saturated rings. The van der Waals surface area contributed by atoms with E-state index in [-0.39, 0.29) is 0 Å². The second-order valence-corrected chi connectivity index (χ2v) is 4.94. The molecular weight excluding hydrogens is 246 g/mol. The van der Waals surface area contributed by atoms with Crippen molar-refractivity contribution in [3.05, 3.63) is 29.3 Å². The Kier molecular flexibility index (Phi) is 5.49. The van der Waals surface area contributed by atoms with Crippen molar-refractivity contribution in [2.24, 2.45) is 0 Å². The van der Waals surface area contributed by atoms with Crippen molar-refractivity contribution in [2.75, 3.05) is 23.0 Å². The summed E-state index contributed by atoms with van der Waals surface area (Å²) in [5.74, 6) is 1.79. The van der Waals surface area contributed by atoms with Gasteiger partial charge >= 0.3 is 6.09 Å². The van der Waals surface area contributed by atoms with Crippen molar-refractivity contribution in [1.82, 2.24) is 0 Å². The third-order valence-corrected chi connectivity index (χ3v) is 3.16. The van der Waals surface area contributed by atoms with Crippen LogP contribution < -0.4 is 4.90 Å². The highest BCUT2D eigenvalue weighted by molar-refractivity contribution is 7.99. The summed E-state index contributed by atoms with van der Waals surface area (Å²) in [6.07, 6.45) is -0.931. The number of carbonyl (C=O) groups is 1. The van der Waals surface area contributed by atoms with Crippen LogP contribution in [0.2, 0.25) is 5.02 Å². The van der Waals surface area contributed by atoms with E-state index in [0.29, 0.717) is 17.3 Å². The summed E-state index contributed by atoms with van der Waals surface area (Å²) >= 11 is 7.47. The maximum Gasteiger partial charge on any atom is 0.411 e. The van der Waals surface area contributed by atoms with Gasteiger partial charge in [0.2, 0.25) is 0 Å². The molecule has 1 amide bonds. The van der Waals surface area contributed by atoms with Crippen LogP contribution in [0.25, 0.3) is 0 Å². The van der Waals surface area contributed by atoms with Crippen molar-refractivity contribution in [3.8, 4) is 0 Å². The van der Waals surface area contributed by atoms with E-state index in [0.717, 1.165) is 11.5 Å². The molecule has 88 valence electrons. The molecule has 0 atom stereocenters. The Labute approximate surface area is 104 Å². The van der Waals surface area contributed by atoms with Crippen LogP contribution in [0.3, 0.4) is 0 Å². The van der Waals surface area contributed by atoms with Gasteiger partial charge in [0.1, 0.15) is 0 Å². The molecule has 0 spiro atoms. The maximum absolute atomic E-state index is 11.1. The molecule has 0 aliphatic rings. The van der Waals surface area contributed by atoms with Gasteiger partial charge in [-0.2, -0.15) is 11.8 Å². The van der Waals surface area contributed by atoms with E-state index in [4.69, 9.17) is 16.7 Å². The minimum Gasteiger partial charge on any atom is -0.465 e. The minimum atomic E-state index is -0.931. The first-order valence-corrected chi connectivity index (χ1v) is 6.52. The molecule has 1 N–H and O–H groups in total. The van der Waals surface area contributed by atoms with Crippen molar-refractivity contribution >= 4 is 35.1 Å². The molecule has 0 radical (unpaired) electrons. The summed E-state index contributed by atoms with van der Waals surface area (Å²) in [6, 6.07) is 6.82. The Morgan fingerprint density at radius 3 is 2.56 bits per heavy atom. The van der Waals surface area contributed by atoms with Gasteiger partial charge in [0.05, 0.1) is 0 Å². The second kappa shape index (κ2) is 6.66. The smallest absolute Gasteiger partial charge is 0.411 e. The van der Waals surface area contributed by atoms with E-state index in [1.807, 2.05) is 0 Å². The Morgan fingerprint density at radius 1 is 1.44 bits per heavy atom. The first-order valence-electron chi connectivity index (χ1n) is 4.99. The quantitative estimate of drug-likeness (QED) is 0.822. The number of rotatable bonds is 5. The number of benzene rings is 1. The van der Waals surface area contributed by atoms with Crippen LogP contribution in [0.15, 0.2) is 24.3 Å². The molecule has 0 aliphatic carbocycles. The molecule has 1 rings (SSSR count). The van der Waals surface area contributed by atoms with Crippen LogP contribution >= 0.6 is 23.4 Å². The van der Waals surface area contributed by atoms with Gasteiger partial charge in [-0.15, -0.1) is 0 Å². The van der Waals surface area contributed by atoms with E-state index in [1.54, 1.807) is 36.0 Å². The lowest BCUT2D eigenvalue weighted by Gasteiger charge is -2.18. The van der Waals surface area contributed by atoms with Crippen LogP contribution in [0.5, 0.6) is 0 Å². The van der Waals surface area contributed by atoms with Gasteiger partial charge in [-0.05, 0) is 30.0 Å². The Hall–Kier alpha value is -0.870. The Morgan fingerprint density at radius 2 is 2.06 bits per heavy atom. The Bertz CT molecular complexity index is 342. The lowest BCUT2D eigenvalue weighted by Crippen LogP contribution is -2.31. The summed E-state index contributed by atoms with van der Waals surface area (Å²) in [5, 5.41) is 9.69. The standard InChI is InChI=1S/C11H14ClNO2S/c1-2-16-8-7-13(11(14)15)10-5-3-9(12)4-6-10/h3-6H,2,7-8H2,1H3,(H,14,15). The van der Waals surface area contributed by atoms with E-state index >= 15 is 0 Å². The van der Waals surface area contributed by atoms with Crippen LogP contribution in [-0.2, 0) is 0 Å². The summed E-state index contributed by atoms with van der Waals surface area (Å²) in [7, 11) is 0. The van der Waals surface area contributed by atoms with Crippen LogP contribution in [0.1, 0.15) is 6.92 Å². The van der Waals surface area contributed by atoms with E-state index in [9.17, 15) is 4.79 Å². The normalized spacial score (nSPS) is 10.1. The molecular formula is C11H14ClNO2S. The van der Waals surface area contributed by atoms with E-state index in [1.165, 1.54) is 4.90 Å². The number of amides is 1. The number of anilines is 1. The second-order valence-electron chi connectivity index (χ2n) is 3.11. The first kappa shape index (κ1) is 13.2. The first-order chi connectivity index (χ1) is 7.65. The van der Waals surface area contributed by atoms with Gasteiger partial charge in [0, 0.05) is 23.0 Å². The average Bonchev–Trinajstić information content (AvgIpc) is 2.26. The fourth-order valence-corrected chi connectivity index (χ4v) is 1.98. The van der Waals surface area contributed by atoms with Gasteiger partial charge < -0.3 is 5.11 Å². The third-order valence-electron chi connectivity index (χ3n) is 2.03. The van der Waals surface area contributed by atoms with Crippen molar-refractivity contribution < 1.29 is 9.90 Å². The lowest BCUT2D eigenvalue weighted by molar-refractivity contribution is 0.202. The summed E-state index contributed by atoms with van der Waals surface area (Å²) in [4.78, 5) is 12.4. The number of hydrogen-bond acceptors (Lipinski definition) is 2. The molecule has 0 unspecified atom stereocenters. The summed E-state index contributed by atoms with van der Waals surface area (Å²) < 4.78 is 0. The number of carboxylic acid groups (broad SMARTS) is 1.